The number of hydrogen-bond donors (Lipinski definition) is 2. The number of aromatic amines is 1. The number of hydrogen-bond acceptors (Lipinski definition) is 5. The van der Waals surface area contributed by atoms with E-state index in [1.54, 1.807) is 0 Å². The van der Waals surface area contributed by atoms with Gasteiger partial charge in [-0.1, -0.05) is 19.9 Å². The molecule has 1 aliphatic heterocycles. The fourth-order valence-corrected chi connectivity index (χ4v) is 4.79. The fraction of sp³-hybridized carbons (Fsp3) is 0.615. The van der Waals surface area contributed by atoms with Gasteiger partial charge in [0.1, 0.15) is 0 Å². The summed E-state index contributed by atoms with van der Waals surface area (Å²) in [7, 11) is 0. The molecule has 0 saturated carbocycles. The first-order valence-electron chi connectivity index (χ1n) is 12.6. The van der Waals surface area contributed by atoms with E-state index in [4.69, 9.17) is 17.0 Å². The molecule has 1 aliphatic rings. The van der Waals surface area contributed by atoms with E-state index in [1.165, 1.54) is 5.56 Å². The summed E-state index contributed by atoms with van der Waals surface area (Å²) < 4.78 is 5.43. The summed E-state index contributed by atoms with van der Waals surface area (Å²) in [6.45, 7) is 18.2. The SMILES string of the molecule is CCN(CC)CCN(Cc1cc2c(C)cc(C)cc2[nH]c1=O)C(=S)NCCCN1CCOCC1. The van der Waals surface area contributed by atoms with Gasteiger partial charge in [-0.25, -0.2) is 0 Å². The summed E-state index contributed by atoms with van der Waals surface area (Å²) in [5.41, 5.74) is 3.92. The van der Waals surface area contributed by atoms with Gasteiger partial charge in [-0.2, -0.15) is 0 Å². The zero-order valence-corrected chi connectivity index (χ0v) is 22.1. The number of nitrogens with one attached hydrogen (secondary N) is 2. The number of morpholine rings is 1. The van der Waals surface area contributed by atoms with Crippen molar-refractivity contribution in [3.63, 3.8) is 0 Å². The van der Waals surface area contributed by atoms with Crippen molar-refractivity contribution >= 4 is 28.2 Å². The van der Waals surface area contributed by atoms with E-state index in [1.807, 2.05) is 12.1 Å². The lowest BCUT2D eigenvalue weighted by atomic mass is 10.0. The van der Waals surface area contributed by atoms with Crippen molar-refractivity contribution in [1.29, 1.82) is 0 Å². The molecule has 0 amide bonds. The minimum Gasteiger partial charge on any atom is -0.379 e. The zero-order valence-electron chi connectivity index (χ0n) is 21.3. The largest absolute Gasteiger partial charge is 0.379 e. The van der Waals surface area contributed by atoms with Gasteiger partial charge in [0.15, 0.2) is 5.11 Å². The summed E-state index contributed by atoms with van der Waals surface area (Å²) >= 11 is 5.80. The molecule has 0 atom stereocenters. The highest BCUT2D eigenvalue weighted by Crippen LogP contribution is 2.19. The van der Waals surface area contributed by atoms with Crippen LogP contribution in [0.3, 0.4) is 0 Å². The van der Waals surface area contributed by atoms with Crippen molar-refractivity contribution in [1.82, 2.24) is 25.0 Å². The van der Waals surface area contributed by atoms with Gasteiger partial charge in [-0.05, 0) is 75.4 Å². The van der Waals surface area contributed by atoms with E-state index in [0.717, 1.165) is 94.0 Å². The van der Waals surface area contributed by atoms with Crippen molar-refractivity contribution in [3.8, 4) is 0 Å². The maximum Gasteiger partial charge on any atom is 0.253 e. The van der Waals surface area contributed by atoms with Crippen molar-refractivity contribution in [2.75, 3.05) is 65.6 Å². The number of benzene rings is 1. The highest BCUT2D eigenvalue weighted by atomic mass is 32.1. The van der Waals surface area contributed by atoms with Crippen LogP contribution in [0.15, 0.2) is 23.0 Å². The van der Waals surface area contributed by atoms with Gasteiger partial charge in [-0.15, -0.1) is 0 Å². The van der Waals surface area contributed by atoms with Crippen molar-refractivity contribution in [2.24, 2.45) is 0 Å². The van der Waals surface area contributed by atoms with Crippen LogP contribution in [0.4, 0.5) is 0 Å². The molecular weight excluding hydrogens is 446 g/mol. The Morgan fingerprint density at radius 3 is 2.59 bits per heavy atom. The molecule has 2 heterocycles. The first-order chi connectivity index (χ1) is 16.4. The molecule has 1 fully saturated rings. The Labute approximate surface area is 209 Å². The summed E-state index contributed by atoms with van der Waals surface area (Å²) in [5.74, 6) is 0. The molecular formula is C26H41N5O2S. The minimum absolute atomic E-state index is 0.0412. The topological polar surface area (TPSA) is 63.8 Å². The third-order valence-electron chi connectivity index (χ3n) is 6.65. The fourth-order valence-electron chi connectivity index (χ4n) is 4.53. The Kier molecular flexibility index (Phi) is 10.3. The van der Waals surface area contributed by atoms with E-state index in [-0.39, 0.29) is 5.56 Å². The van der Waals surface area contributed by atoms with Crippen LogP contribution in [-0.2, 0) is 11.3 Å². The molecule has 3 rings (SSSR count). The van der Waals surface area contributed by atoms with Gasteiger partial charge < -0.3 is 24.8 Å². The van der Waals surface area contributed by atoms with Crippen LogP contribution in [0.2, 0.25) is 0 Å². The molecule has 1 aromatic heterocycles. The van der Waals surface area contributed by atoms with Gasteiger partial charge >= 0.3 is 0 Å². The van der Waals surface area contributed by atoms with E-state index in [9.17, 15) is 4.79 Å². The Morgan fingerprint density at radius 2 is 1.88 bits per heavy atom. The predicted octanol–water partition coefficient (Wildman–Crippen LogP) is 2.89. The summed E-state index contributed by atoms with van der Waals surface area (Å²) in [6, 6.07) is 6.23. The third kappa shape index (κ3) is 7.50. The lowest BCUT2D eigenvalue weighted by Crippen LogP contribution is -2.45. The molecule has 0 bridgehead atoms. The molecule has 188 valence electrons. The van der Waals surface area contributed by atoms with Crippen LogP contribution in [0.1, 0.15) is 37.0 Å². The second kappa shape index (κ2) is 13.2. The van der Waals surface area contributed by atoms with Crippen LogP contribution in [0.5, 0.6) is 0 Å². The van der Waals surface area contributed by atoms with E-state index in [2.05, 4.69) is 58.8 Å². The molecule has 2 aromatic rings. The standard InChI is InChI=1S/C26H41N5O2S/c1-5-29(6-2)10-11-31(26(34)27-8-7-9-30-12-14-33-15-13-30)19-22-18-23-21(4)16-20(3)17-24(23)28-25(22)32/h16-18H,5-15,19H2,1-4H3,(H,27,34)(H,28,32). The average Bonchev–Trinajstić information content (AvgIpc) is 2.82. The Hall–Kier alpha value is -2.00. The maximum atomic E-state index is 12.9. The molecule has 34 heavy (non-hydrogen) atoms. The quantitative estimate of drug-likeness (QED) is 0.373. The Morgan fingerprint density at radius 1 is 1.15 bits per heavy atom. The lowest BCUT2D eigenvalue weighted by Gasteiger charge is -2.29. The van der Waals surface area contributed by atoms with E-state index < -0.39 is 0 Å². The number of fused-ring (bicyclic) bond motifs is 1. The summed E-state index contributed by atoms with van der Waals surface area (Å²) in [4.78, 5) is 23.0. The number of pyridine rings is 1. The van der Waals surface area contributed by atoms with Crippen molar-refractivity contribution in [2.45, 2.75) is 40.7 Å². The van der Waals surface area contributed by atoms with Crippen LogP contribution in [0, 0.1) is 13.8 Å². The first-order valence-corrected chi connectivity index (χ1v) is 13.0. The number of H-pyrrole nitrogens is 1. The van der Waals surface area contributed by atoms with E-state index >= 15 is 0 Å². The van der Waals surface area contributed by atoms with Gasteiger partial charge in [0.2, 0.25) is 0 Å². The number of aromatic nitrogens is 1. The molecule has 0 aliphatic carbocycles. The second-order valence-corrected chi connectivity index (χ2v) is 9.54. The number of rotatable bonds is 11. The highest BCUT2D eigenvalue weighted by Gasteiger charge is 2.16. The average molecular weight is 488 g/mol. The highest BCUT2D eigenvalue weighted by molar-refractivity contribution is 7.80. The van der Waals surface area contributed by atoms with Gasteiger partial charge in [0.05, 0.1) is 19.8 Å². The molecule has 0 radical (unpaired) electrons. The van der Waals surface area contributed by atoms with Gasteiger partial charge in [0, 0.05) is 49.2 Å². The monoisotopic (exact) mass is 487 g/mol. The Bertz CT molecular complexity index is 999. The first kappa shape index (κ1) is 26.6. The molecule has 8 heteroatoms. The van der Waals surface area contributed by atoms with Crippen molar-refractivity contribution < 1.29 is 4.74 Å². The number of likely N-dealkylation sites (N-methyl/N-ethyl adjacent to an activating group) is 1. The second-order valence-electron chi connectivity index (χ2n) is 9.15. The number of ether oxygens (including phenoxy) is 1. The van der Waals surface area contributed by atoms with Gasteiger partial charge in [0.25, 0.3) is 5.56 Å². The molecule has 7 nitrogen and oxygen atoms in total. The maximum absolute atomic E-state index is 12.9. The summed E-state index contributed by atoms with van der Waals surface area (Å²) in [5, 5.41) is 5.25. The van der Waals surface area contributed by atoms with Crippen LogP contribution < -0.4 is 10.9 Å². The smallest absolute Gasteiger partial charge is 0.253 e. The molecule has 1 saturated heterocycles. The van der Waals surface area contributed by atoms with E-state index in [0.29, 0.717) is 11.7 Å². The molecule has 0 unspecified atom stereocenters. The van der Waals surface area contributed by atoms with Crippen LogP contribution in [-0.4, -0.2) is 90.4 Å². The third-order valence-corrected chi connectivity index (χ3v) is 7.05. The summed E-state index contributed by atoms with van der Waals surface area (Å²) in [6.07, 6.45) is 1.03. The lowest BCUT2D eigenvalue weighted by molar-refractivity contribution is 0.0376. The van der Waals surface area contributed by atoms with Gasteiger partial charge in [-0.3, -0.25) is 9.69 Å². The van der Waals surface area contributed by atoms with Crippen molar-refractivity contribution in [3.05, 3.63) is 45.2 Å². The van der Waals surface area contributed by atoms with Crippen LogP contribution in [0.25, 0.3) is 10.9 Å². The zero-order chi connectivity index (χ0) is 24.5. The normalized spacial score (nSPS) is 14.6. The molecule has 0 spiro atoms. The Balaban J connectivity index is 1.68. The number of thiocarbonyl (C=S) groups is 1. The molecule has 1 aromatic carbocycles. The predicted molar refractivity (Wildman–Crippen MR) is 145 cm³/mol. The molecule has 2 N–H and O–H groups in total. The number of aryl methyl sites for hydroxylation is 2. The minimum atomic E-state index is -0.0412. The number of nitrogens with zero attached hydrogens (tertiary/aromatic N) is 3. The van der Waals surface area contributed by atoms with Crippen LogP contribution >= 0.6 is 12.2 Å².